The number of carboxylic acid groups (broad SMARTS) is 1. The van der Waals surface area contributed by atoms with E-state index in [4.69, 9.17) is 20.6 Å². The molecule has 2 aliphatic heterocycles. The van der Waals surface area contributed by atoms with Crippen LogP contribution >= 0.6 is 0 Å². The Balaban J connectivity index is 0.000000479. The maximum absolute atomic E-state index is 13.4. The van der Waals surface area contributed by atoms with Crippen molar-refractivity contribution in [3.05, 3.63) is 17.1 Å². The Bertz CT molecular complexity index is 902. The highest BCUT2D eigenvalue weighted by atomic mass is 19.4. The number of amides is 1. The van der Waals surface area contributed by atoms with Crippen LogP contribution in [0.25, 0.3) is 0 Å². The number of rotatable bonds is 2. The largest absolute Gasteiger partial charge is 0.490 e. The van der Waals surface area contributed by atoms with E-state index < -0.39 is 12.1 Å². The third-order valence-electron chi connectivity index (χ3n) is 6.30. The molecule has 33 heavy (non-hydrogen) atoms. The highest BCUT2D eigenvalue weighted by Crippen LogP contribution is 2.38. The lowest BCUT2D eigenvalue weighted by atomic mass is 9.76. The predicted octanol–water partition coefficient (Wildman–Crippen LogP) is 3.30. The van der Waals surface area contributed by atoms with Gasteiger partial charge in [0.1, 0.15) is 5.82 Å². The van der Waals surface area contributed by atoms with Crippen molar-refractivity contribution in [1.82, 2.24) is 14.9 Å². The Morgan fingerprint density at radius 2 is 1.70 bits per heavy atom. The van der Waals surface area contributed by atoms with Crippen LogP contribution in [0, 0.1) is 19.3 Å². The second-order valence-electron chi connectivity index (χ2n) is 10.2. The van der Waals surface area contributed by atoms with Gasteiger partial charge in [-0.25, -0.2) is 14.8 Å². The van der Waals surface area contributed by atoms with Gasteiger partial charge in [0, 0.05) is 42.5 Å². The van der Waals surface area contributed by atoms with Gasteiger partial charge in [0.05, 0.1) is 0 Å². The summed E-state index contributed by atoms with van der Waals surface area (Å²) in [6, 6.07) is 0.172. The normalized spacial score (nSPS) is 21.9. The SMILES string of the molecule is Cc1nc(C(=O)N2CC(C)(C)CCC2(C)C)nc(N2CC[C@@H](N)C2)c1C.O=C(O)C(F)(F)F. The van der Waals surface area contributed by atoms with E-state index >= 15 is 0 Å². The van der Waals surface area contributed by atoms with Gasteiger partial charge in [0.2, 0.25) is 5.82 Å². The molecule has 1 atom stereocenters. The van der Waals surface area contributed by atoms with Gasteiger partial charge in [0.25, 0.3) is 5.91 Å². The zero-order chi connectivity index (χ0) is 25.4. The number of carboxylic acids is 1. The summed E-state index contributed by atoms with van der Waals surface area (Å²) >= 11 is 0. The molecule has 186 valence electrons. The lowest BCUT2D eigenvalue weighted by Gasteiger charge is -2.48. The molecule has 3 N–H and O–H groups in total. The predicted molar refractivity (Wildman–Crippen MR) is 118 cm³/mol. The average molecular weight is 474 g/mol. The van der Waals surface area contributed by atoms with E-state index in [-0.39, 0.29) is 22.9 Å². The number of anilines is 1. The first-order chi connectivity index (χ1) is 14.9. The maximum Gasteiger partial charge on any atom is 0.490 e. The van der Waals surface area contributed by atoms with Crippen molar-refractivity contribution >= 4 is 17.7 Å². The Morgan fingerprint density at radius 1 is 1.12 bits per heavy atom. The van der Waals surface area contributed by atoms with Gasteiger partial charge in [-0.1, -0.05) is 13.8 Å². The van der Waals surface area contributed by atoms with Crippen LogP contribution in [0.2, 0.25) is 0 Å². The standard InChI is InChI=1S/C20H33N5O.C2HF3O2/c1-13-14(2)22-16(23-17(13)24-10-7-15(21)11-24)18(26)25-12-19(3,4)8-9-20(25,5)6;3-2(4,5)1(6)7/h15H,7-12,21H2,1-6H3;(H,6,7)/t15-;/m1./s1. The summed E-state index contributed by atoms with van der Waals surface area (Å²) in [5, 5.41) is 7.12. The van der Waals surface area contributed by atoms with E-state index in [1.807, 2.05) is 18.7 Å². The molecular weight excluding hydrogens is 439 g/mol. The van der Waals surface area contributed by atoms with Crippen LogP contribution < -0.4 is 10.6 Å². The smallest absolute Gasteiger partial charge is 0.475 e. The van der Waals surface area contributed by atoms with Gasteiger partial charge in [0.15, 0.2) is 0 Å². The van der Waals surface area contributed by atoms with E-state index in [1.54, 1.807) is 0 Å². The summed E-state index contributed by atoms with van der Waals surface area (Å²) in [4.78, 5) is 35.7. The van der Waals surface area contributed by atoms with Crippen molar-refractivity contribution in [3.63, 3.8) is 0 Å². The summed E-state index contributed by atoms with van der Waals surface area (Å²) in [5.74, 6) is -1.64. The van der Waals surface area contributed by atoms with Crippen LogP contribution in [0.15, 0.2) is 0 Å². The number of aromatic nitrogens is 2. The maximum atomic E-state index is 13.4. The molecule has 2 saturated heterocycles. The van der Waals surface area contributed by atoms with E-state index in [9.17, 15) is 18.0 Å². The number of piperidine rings is 1. The third-order valence-corrected chi connectivity index (χ3v) is 6.30. The molecular formula is C22H34F3N5O3. The number of nitrogens with two attached hydrogens (primary N) is 1. The van der Waals surface area contributed by atoms with Crippen LogP contribution in [0.1, 0.15) is 68.8 Å². The number of alkyl halides is 3. The molecule has 3 rings (SSSR count). The minimum Gasteiger partial charge on any atom is -0.475 e. The second-order valence-corrected chi connectivity index (χ2v) is 10.2. The summed E-state index contributed by atoms with van der Waals surface area (Å²) in [6.07, 6.45) is -2.02. The Kier molecular flexibility index (Phi) is 7.67. The van der Waals surface area contributed by atoms with Crippen molar-refractivity contribution in [1.29, 1.82) is 0 Å². The molecule has 0 radical (unpaired) electrons. The molecule has 8 nitrogen and oxygen atoms in total. The summed E-state index contributed by atoms with van der Waals surface area (Å²) in [6.45, 7) is 15.1. The van der Waals surface area contributed by atoms with E-state index in [0.717, 1.165) is 56.0 Å². The van der Waals surface area contributed by atoms with Crippen molar-refractivity contribution in [2.75, 3.05) is 24.5 Å². The number of hydrogen-bond acceptors (Lipinski definition) is 6. The molecule has 1 aromatic heterocycles. The van der Waals surface area contributed by atoms with E-state index in [2.05, 4.69) is 37.6 Å². The van der Waals surface area contributed by atoms with Gasteiger partial charge in [-0.2, -0.15) is 13.2 Å². The van der Waals surface area contributed by atoms with Crippen LogP contribution in [0.5, 0.6) is 0 Å². The zero-order valence-electron chi connectivity index (χ0n) is 20.1. The van der Waals surface area contributed by atoms with E-state index in [0.29, 0.717) is 5.82 Å². The lowest BCUT2D eigenvalue weighted by molar-refractivity contribution is -0.192. The molecule has 0 aliphatic carbocycles. The molecule has 0 bridgehead atoms. The monoisotopic (exact) mass is 473 g/mol. The van der Waals surface area contributed by atoms with Gasteiger partial charge >= 0.3 is 12.1 Å². The molecule has 2 fully saturated rings. The zero-order valence-corrected chi connectivity index (χ0v) is 20.1. The van der Waals surface area contributed by atoms with Crippen molar-refractivity contribution in [3.8, 4) is 0 Å². The van der Waals surface area contributed by atoms with Crippen LogP contribution in [0.4, 0.5) is 19.0 Å². The number of halogens is 3. The average Bonchev–Trinajstić information content (AvgIpc) is 3.11. The molecule has 0 spiro atoms. The van der Waals surface area contributed by atoms with Gasteiger partial charge in [-0.3, -0.25) is 4.79 Å². The van der Waals surface area contributed by atoms with Crippen molar-refractivity contribution < 1.29 is 27.9 Å². The number of carbonyl (C=O) groups is 2. The molecule has 1 amide bonds. The van der Waals surface area contributed by atoms with Crippen LogP contribution in [-0.4, -0.2) is 69.2 Å². The molecule has 3 heterocycles. The summed E-state index contributed by atoms with van der Waals surface area (Å²) < 4.78 is 31.7. The topological polar surface area (TPSA) is 113 Å². The van der Waals surface area contributed by atoms with Crippen molar-refractivity contribution in [2.45, 2.75) is 78.6 Å². The molecule has 2 aliphatic rings. The van der Waals surface area contributed by atoms with Gasteiger partial charge < -0.3 is 20.6 Å². The summed E-state index contributed by atoms with van der Waals surface area (Å²) in [5.41, 5.74) is 7.92. The lowest BCUT2D eigenvalue weighted by Crippen LogP contribution is -2.55. The van der Waals surface area contributed by atoms with E-state index in [1.165, 1.54) is 0 Å². The van der Waals surface area contributed by atoms with Crippen LogP contribution in [-0.2, 0) is 4.79 Å². The number of aryl methyl sites for hydroxylation is 1. The Labute approximate surface area is 192 Å². The fourth-order valence-electron chi connectivity index (χ4n) is 3.96. The third kappa shape index (κ3) is 6.55. The number of aliphatic carboxylic acids is 1. The quantitative estimate of drug-likeness (QED) is 0.678. The first-order valence-corrected chi connectivity index (χ1v) is 10.9. The molecule has 0 saturated carbocycles. The first kappa shape index (κ1) is 26.8. The Hall–Kier alpha value is -2.43. The second kappa shape index (κ2) is 9.44. The minimum atomic E-state index is -5.08. The fraction of sp³-hybridized carbons (Fsp3) is 0.727. The van der Waals surface area contributed by atoms with Crippen molar-refractivity contribution in [2.24, 2.45) is 11.1 Å². The fourth-order valence-corrected chi connectivity index (χ4v) is 3.96. The number of hydrogen-bond donors (Lipinski definition) is 2. The molecule has 0 unspecified atom stereocenters. The molecule has 0 aromatic carbocycles. The van der Waals surface area contributed by atoms with Crippen LogP contribution in [0.3, 0.4) is 0 Å². The highest BCUT2D eigenvalue weighted by molar-refractivity contribution is 5.91. The molecule has 11 heteroatoms. The minimum absolute atomic E-state index is 0.0596. The number of likely N-dealkylation sites (tertiary alicyclic amines) is 1. The molecule has 1 aromatic rings. The number of nitrogens with zero attached hydrogens (tertiary/aromatic N) is 4. The number of carbonyl (C=O) groups excluding carboxylic acids is 1. The Morgan fingerprint density at radius 3 is 2.18 bits per heavy atom. The first-order valence-electron chi connectivity index (χ1n) is 10.9. The highest BCUT2D eigenvalue weighted by Gasteiger charge is 2.42. The van der Waals surface area contributed by atoms with Gasteiger partial charge in [-0.05, 0) is 52.4 Å². The van der Waals surface area contributed by atoms with Gasteiger partial charge in [-0.15, -0.1) is 0 Å². The summed E-state index contributed by atoms with van der Waals surface area (Å²) in [7, 11) is 0.